The van der Waals surface area contributed by atoms with Gasteiger partial charge in [-0.2, -0.15) is 0 Å². The first-order valence-corrected chi connectivity index (χ1v) is 6.72. The number of nitrogens with zero attached hydrogens (tertiary/aromatic N) is 1. The lowest BCUT2D eigenvalue weighted by atomic mass is 9.67. The molecule has 0 bridgehead atoms. The minimum absolute atomic E-state index is 0.0159. The summed E-state index contributed by atoms with van der Waals surface area (Å²) in [6.07, 6.45) is 2.18. The Labute approximate surface area is 105 Å². The first-order valence-electron chi connectivity index (χ1n) is 6.72. The van der Waals surface area contributed by atoms with Gasteiger partial charge in [-0.25, -0.2) is 0 Å². The summed E-state index contributed by atoms with van der Waals surface area (Å²) < 4.78 is 0. The van der Waals surface area contributed by atoms with Crippen molar-refractivity contribution in [2.45, 2.75) is 53.9 Å². The molecule has 17 heavy (non-hydrogen) atoms. The Morgan fingerprint density at radius 3 is 2.35 bits per heavy atom. The van der Waals surface area contributed by atoms with Crippen molar-refractivity contribution in [3.8, 4) is 0 Å². The number of imide groups is 1. The van der Waals surface area contributed by atoms with Gasteiger partial charge in [-0.05, 0) is 24.2 Å². The molecular formula is C14H25NO2. The number of likely N-dealkylation sites (tertiary alicyclic amines) is 1. The van der Waals surface area contributed by atoms with Gasteiger partial charge < -0.3 is 0 Å². The lowest BCUT2D eigenvalue weighted by Crippen LogP contribution is -2.39. The van der Waals surface area contributed by atoms with E-state index >= 15 is 0 Å². The first-order chi connectivity index (χ1) is 7.88. The average molecular weight is 239 g/mol. The second-order valence-electron chi connectivity index (χ2n) is 5.65. The number of carbonyl (C=O) groups excluding carboxylic acids is 2. The zero-order valence-corrected chi connectivity index (χ0v) is 11.7. The van der Waals surface area contributed by atoms with E-state index in [-0.39, 0.29) is 23.1 Å². The van der Waals surface area contributed by atoms with Crippen LogP contribution in [0.3, 0.4) is 0 Å². The van der Waals surface area contributed by atoms with Crippen LogP contribution in [0.15, 0.2) is 0 Å². The van der Waals surface area contributed by atoms with Gasteiger partial charge in [0, 0.05) is 13.0 Å². The molecule has 1 aliphatic rings. The van der Waals surface area contributed by atoms with Gasteiger partial charge in [0.15, 0.2) is 0 Å². The molecule has 0 aromatic carbocycles. The van der Waals surface area contributed by atoms with Crippen molar-refractivity contribution >= 4 is 11.8 Å². The fourth-order valence-electron chi connectivity index (χ4n) is 2.71. The molecule has 0 aromatic heterocycles. The molecule has 3 nitrogen and oxygen atoms in total. The van der Waals surface area contributed by atoms with Crippen molar-refractivity contribution < 1.29 is 9.59 Å². The summed E-state index contributed by atoms with van der Waals surface area (Å²) in [6.45, 7) is 11.1. The van der Waals surface area contributed by atoms with Crippen LogP contribution in [0.1, 0.15) is 53.9 Å². The van der Waals surface area contributed by atoms with E-state index in [1.807, 2.05) is 6.92 Å². The summed E-state index contributed by atoms with van der Waals surface area (Å²) >= 11 is 0. The van der Waals surface area contributed by atoms with E-state index < -0.39 is 0 Å². The zero-order valence-electron chi connectivity index (χ0n) is 11.7. The Morgan fingerprint density at radius 2 is 1.94 bits per heavy atom. The van der Waals surface area contributed by atoms with Gasteiger partial charge in [-0.1, -0.05) is 34.6 Å². The van der Waals surface area contributed by atoms with Gasteiger partial charge in [-0.15, -0.1) is 0 Å². The molecule has 1 heterocycles. The molecule has 98 valence electrons. The molecule has 1 fully saturated rings. The Balaban J connectivity index is 2.94. The SMILES string of the molecule is CCCN1C(=O)CC(C(C)(CC)C(C)C)C1=O. The second kappa shape index (κ2) is 5.19. The molecule has 0 spiro atoms. The molecule has 0 N–H and O–H groups in total. The number of hydrogen-bond acceptors (Lipinski definition) is 2. The monoisotopic (exact) mass is 239 g/mol. The van der Waals surface area contributed by atoms with Crippen LogP contribution in [-0.2, 0) is 9.59 Å². The van der Waals surface area contributed by atoms with E-state index in [0.717, 1.165) is 12.8 Å². The molecule has 1 saturated heterocycles. The summed E-state index contributed by atoms with van der Waals surface area (Å²) in [6, 6.07) is 0. The molecule has 0 aromatic rings. The number of rotatable bonds is 5. The van der Waals surface area contributed by atoms with Crippen molar-refractivity contribution in [3.05, 3.63) is 0 Å². The van der Waals surface area contributed by atoms with Gasteiger partial charge in [0.05, 0.1) is 5.92 Å². The molecule has 2 amide bonds. The molecule has 3 heteroatoms. The predicted molar refractivity (Wildman–Crippen MR) is 68.4 cm³/mol. The Bertz CT molecular complexity index is 311. The lowest BCUT2D eigenvalue weighted by Gasteiger charge is -2.37. The fraction of sp³-hybridized carbons (Fsp3) is 0.857. The maximum absolute atomic E-state index is 12.3. The molecule has 0 aliphatic carbocycles. The minimum atomic E-state index is -0.119. The third-order valence-corrected chi connectivity index (χ3v) is 4.57. The van der Waals surface area contributed by atoms with Crippen LogP contribution in [0, 0.1) is 17.3 Å². The van der Waals surface area contributed by atoms with Gasteiger partial charge in [0.25, 0.3) is 0 Å². The average Bonchev–Trinajstić information content (AvgIpc) is 2.56. The highest BCUT2D eigenvalue weighted by atomic mass is 16.2. The van der Waals surface area contributed by atoms with Crippen LogP contribution in [-0.4, -0.2) is 23.3 Å². The Kier molecular flexibility index (Phi) is 4.34. The summed E-state index contributed by atoms with van der Waals surface area (Å²) in [5.41, 5.74) is -0.0603. The maximum Gasteiger partial charge on any atom is 0.233 e. The third-order valence-electron chi connectivity index (χ3n) is 4.57. The molecule has 1 aliphatic heterocycles. The largest absolute Gasteiger partial charge is 0.282 e. The Hall–Kier alpha value is -0.860. The molecule has 2 unspecified atom stereocenters. The van der Waals surface area contributed by atoms with Crippen LogP contribution < -0.4 is 0 Å². The number of hydrogen-bond donors (Lipinski definition) is 0. The lowest BCUT2D eigenvalue weighted by molar-refractivity contribution is -0.141. The quantitative estimate of drug-likeness (QED) is 0.692. The van der Waals surface area contributed by atoms with Crippen LogP contribution >= 0.6 is 0 Å². The number of amides is 2. The van der Waals surface area contributed by atoms with Gasteiger partial charge >= 0.3 is 0 Å². The normalized spacial score (nSPS) is 24.6. The highest BCUT2D eigenvalue weighted by molar-refractivity contribution is 6.03. The summed E-state index contributed by atoms with van der Waals surface area (Å²) in [5, 5.41) is 0. The van der Waals surface area contributed by atoms with E-state index in [4.69, 9.17) is 0 Å². The van der Waals surface area contributed by atoms with Gasteiger partial charge in [-0.3, -0.25) is 14.5 Å². The van der Waals surface area contributed by atoms with Crippen molar-refractivity contribution in [1.29, 1.82) is 0 Å². The summed E-state index contributed by atoms with van der Waals surface area (Å²) in [5.74, 6) is 0.361. The fourth-order valence-corrected chi connectivity index (χ4v) is 2.71. The molecular weight excluding hydrogens is 214 g/mol. The summed E-state index contributed by atoms with van der Waals surface area (Å²) in [7, 11) is 0. The van der Waals surface area contributed by atoms with Crippen molar-refractivity contribution in [3.63, 3.8) is 0 Å². The molecule has 0 radical (unpaired) electrons. The van der Waals surface area contributed by atoms with E-state index in [0.29, 0.717) is 18.9 Å². The van der Waals surface area contributed by atoms with Crippen molar-refractivity contribution in [2.24, 2.45) is 17.3 Å². The van der Waals surface area contributed by atoms with Crippen LogP contribution in [0.2, 0.25) is 0 Å². The Morgan fingerprint density at radius 1 is 1.35 bits per heavy atom. The van der Waals surface area contributed by atoms with Gasteiger partial charge in [0.1, 0.15) is 0 Å². The van der Waals surface area contributed by atoms with Gasteiger partial charge in [0.2, 0.25) is 11.8 Å². The molecule has 0 saturated carbocycles. The smallest absolute Gasteiger partial charge is 0.233 e. The highest BCUT2D eigenvalue weighted by Gasteiger charge is 2.48. The second-order valence-corrected chi connectivity index (χ2v) is 5.65. The van der Waals surface area contributed by atoms with Crippen molar-refractivity contribution in [1.82, 2.24) is 4.90 Å². The molecule has 2 atom stereocenters. The predicted octanol–water partition coefficient (Wildman–Crippen LogP) is 2.84. The van der Waals surface area contributed by atoms with E-state index in [9.17, 15) is 9.59 Å². The van der Waals surface area contributed by atoms with Crippen molar-refractivity contribution in [2.75, 3.05) is 6.54 Å². The summed E-state index contributed by atoms with van der Waals surface area (Å²) in [4.78, 5) is 25.7. The molecule has 1 rings (SSSR count). The number of carbonyl (C=O) groups is 2. The van der Waals surface area contributed by atoms with Crippen LogP contribution in [0.25, 0.3) is 0 Å². The first kappa shape index (κ1) is 14.2. The minimum Gasteiger partial charge on any atom is -0.282 e. The standard InChI is InChI=1S/C14H25NO2/c1-6-8-15-12(16)9-11(13(15)17)14(5,7-2)10(3)4/h10-11H,6-9H2,1-5H3. The maximum atomic E-state index is 12.3. The van der Waals surface area contributed by atoms with Crippen LogP contribution in [0.5, 0.6) is 0 Å². The zero-order chi connectivity index (χ0) is 13.2. The van der Waals surface area contributed by atoms with E-state index in [1.165, 1.54) is 4.90 Å². The van der Waals surface area contributed by atoms with E-state index in [1.54, 1.807) is 0 Å². The van der Waals surface area contributed by atoms with E-state index in [2.05, 4.69) is 27.7 Å². The topological polar surface area (TPSA) is 37.4 Å². The van der Waals surface area contributed by atoms with Crippen LogP contribution in [0.4, 0.5) is 0 Å². The third kappa shape index (κ3) is 2.38. The highest BCUT2D eigenvalue weighted by Crippen LogP contribution is 2.44.